The summed E-state index contributed by atoms with van der Waals surface area (Å²) in [5, 5.41) is 3.94. The van der Waals surface area contributed by atoms with Crippen LogP contribution >= 0.6 is 11.6 Å². The maximum absolute atomic E-state index is 6.08. The Balaban J connectivity index is 1.93. The van der Waals surface area contributed by atoms with Gasteiger partial charge in [-0.3, -0.25) is 0 Å². The Morgan fingerprint density at radius 3 is 3.00 bits per heavy atom. The zero-order valence-electron chi connectivity index (χ0n) is 8.11. The Labute approximate surface area is 93.1 Å². The molecule has 3 nitrogen and oxygen atoms in total. The molecule has 2 aliphatic rings. The first-order valence-corrected chi connectivity index (χ1v) is 5.42. The summed E-state index contributed by atoms with van der Waals surface area (Å²) >= 11 is 6.08. The van der Waals surface area contributed by atoms with Crippen LogP contribution in [0.4, 0.5) is 0 Å². The number of nitrogens with one attached hydrogen (secondary N) is 1. The summed E-state index contributed by atoms with van der Waals surface area (Å²) in [6.07, 6.45) is 0.191. The third kappa shape index (κ3) is 1.52. The fourth-order valence-corrected chi connectivity index (χ4v) is 2.20. The summed E-state index contributed by atoms with van der Waals surface area (Å²) in [6, 6.07) is 7.91. The van der Waals surface area contributed by atoms with Gasteiger partial charge in [0.25, 0.3) is 0 Å². The molecule has 0 bridgehead atoms. The number of hydrogen-bond acceptors (Lipinski definition) is 3. The normalized spacial score (nSPS) is 28.5. The summed E-state index contributed by atoms with van der Waals surface area (Å²) in [5.74, 6) is 0.692. The number of nitrogens with zero attached hydrogens (tertiary/aromatic N) is 1. The van der Waals surface area contributed by atoms with Gasteiger partial charge in [-0.1, -0.05) is 23.7 Å². The van der Waals surface area contributed by atoms with E-state index in [0.717, 1.165) is 18.7 Å². The minimum atomic E-state index is 0.191. The molecular weight excluding hydrogens is 212 g/mol. The van der Waals surface area contributed by atoms with E-state index in [1.54, 1.807) is 0 Å². The molecule has 0 aromatic heterocycles. The summed E-state index contributed by atoms with van der Waals surface area (Å²) in [7, 11) is 0. The van der Waals surface area contributed by atoms with Crippen molar-refractivity contribution in [2.24, 2.45) is 4.99 Å². The number of fused-ring (bicyclic) bond motifs is 1. The van der Waals surface area contributed by atoms with Crippen LogP contribution in [-0.2, 0) is 4.74 Å². The van der Waals surface area contributed by atoms with E-state index < -0.39 is 0 Å². The number of hydrogen-bond donors (Lipinski definition) is 1. The smallest absolute Gasteiger partial charge is 0.218 e. The van der Waals surface area contributed by atoms with Crippen molar-refractivity contribution in [2.45, 2.75) is 12.1 Å². The minimum absolute atomic E-state index is 0.191. The molecule has 78 valence electrons. The van der Waals surface area contributed by atoms with E-state index in [-0.39, 0.29) is 12.1 Å². The van der Waals surface area contributed by atoms with Crippen LogP contribution in [0, 0.1) is 0 Å². The second kappa shape index (κ2) is 3.51. The lowest BCUT2D eigenvalue weighted by Gasteiger charge is -2.08. The summed E-state index contributed by atoms with van der Waals surface area (Å²) < 4.78 is 5.76. The van der Waals surface area contributed by atoms with E-state index in [1.165, 1.54) is 0 Å². The molecule has 2 atom stereocenters. The van der Waals surface area contributed by atoms with Crippen molar-refractivity contribution in [1.29, 1.82) is 0 Å². The fraction of sp³-hybridized carbons (Fsp3) is 0.364. The van der Waals surface area contributed by atoms with Crippen molar-refractivity contribution in [3.8, 4) is 0 Å². The van der Waals surface area contributed by atoms with Crippen molar-refractivity contribution in [3.05, 3.63) is 34.9 Å². The number of rotatable bonds is 1. The van der Waals surface area contributed by atoms with Gasteiger partial charge in [-0.2, -0.15) is 0 Å². The highest BCUT2D eigenvalue weighted by Crippen LogP contribution is 2.24. The monoisotopic (exact) mass is 222 g/mol. The first-order valence-electron chi connectivity index (χ1n) is 5.04. The third-order valence-electron chi connectivity index (χ3n) is 2.78. The van der Waals surface area contributed by atoms with Gasteiger partial charge in [0, 0.05) is 13.1 Å². The van der Waals surface area contributed by atoms with Crippen LogP contribution in [-0.4, -0.2) is 31.1 Å². The van der Waals surface area contributed by atoms with Crippen LogP contribution in [0.2, 0.25) is 5.02 Å². The molecule has 1 N–H and O–H groups in total. The van der Waals surface area contributed by atoms with Gasteiger partial charge in [-0.15, -0.1) is 0 Å². The first-order chi connectivity index (χ1) is 7.34. The molecule has 2 unspecified atom stereocenters. The molecule has 3 rings (SSSR count). The molecule has 0 radical (unpaired) electrons. The molecule has 1 fully saturated rings. The maximum Gasteiger partial charge on any atom is 0.218 e. The Morgan fingerprint density at radius 2 is 2.20 bits per heavy atom. The van der Waals surface area contributed by atoms with Gasteiger partial charge < -0.3 is 10.1 Å². The van der Waals surface area contributed by atoms with Crippen molar-refractivity contribution < 1.29 is 4.74 Å². The number of benzene rings is 1. The van der Waals surface area contributed by atoms with Gasteiger partial charge in [0.2, 0.25) is 5.90 Å². The summed E-state index contributed by atoms with van der Waals surface area (Å²) in [6.45, 7) is 1.78. The maximum atomic E-state index is 6.08. The van der Waals surface area contributed by atoms with Gasteiger partial charge >= 0.3 is 0 Å². The molecule has 2 heterocycles. The van der Waals surface area contributed by atoms with Gasteiger partial charge in [-0.05, 0) is 12.1 Å². The number of aliphatic imine (C=N–C) groups is 1. The van der Waals surface area contributed by atoms with Crippen LogP contribution in [0.3, 0.4) is 0 Å². The molecule has 1 aromatic carbocycles. The molecule has 0 spiro atoms. The lowest BCUT2D eigenvalue weighted by Crippen LogP contribution is -2.20. The summed E-state index contributed by atoms with van der Waals surface area (Å²) in [4.78, 5) is 4.53. The Hall–Kier alpha value is -1.06. The zero-order chi connectivity index (χ0) is 10.3. The molecule has 0 saturated carbocycles. The molecule has 4 heteroatoms. The second-order valence-corrected chi connectivity index (χ2v) is 4.20. The standard InChI is InChI=1S/C11H11ClN2O/c12-8-4-2-1-3-7(8)11-14-9-5-13-6-10(9)15-11/h1-4,9-10,13H,5-6H2. The van der Waals surface area contributed by atoms with Crippen LogP contribution in [0.1, 0.15) is 5.56 Å². The molecule has 1 aromatic rings. The Kier molecular flexibility index (Phi) is 2.15. The van der Waals surface area contributed by atoms with Crippen molar-refractivity contribution >= 4 is 17.5 Å². The highest BCUT2D eigenvalue weighted by Gasteiger charge is 2.35. The molecule has 15 heavy (non-hydrogen) atoms. The van der Waals surface area contributed by atoms with Gasteiger partial charge in [0.05, 0.1) is 10.6 Å². The molecule has 1 saturated heterocycles. The average Bonchev–Trinajstić information content (AvgIpc) is 2.77. The summed E-state index contributed by atoms with van der Waals surface area (Å²) in [5.41, 5.74) is 0.897. The third-order valence-corrected chi connectivity index (χ3v) is 3.11. The van der Waals surface area contributed by atoms with Crippen molar-refractivity contribution in [1.82, 2.24) is 5.32 Å². The first kappa shape index (κ1) is 9.19. The predicted molar refractivity (Wildman–Crippen MR) is 59.5 cm³/mol. The van der Waals surface area contributed by atoms with Gasteiger partial charge in [0.1, 0.15) is 12.1 Å². The van der Waals surface area contributed by atoms with Crippen LogP contribution < -0.4 is 5.32 Å². The van der Waals surface area contributed by atoms with Crippen molar-refractivity contribution in [2.75, 3.05) is 13.1 Å². The Bertz CT molecular complexity index is 419. The average molecular weight is 223 g/mol. The Morgan fingerprint density at radius 1 is 1.33 bits per heavy atom. The zero-order valence-corrected chi connectivity index (χ0v) is 8.87. The van der Waals surface area contributed by atoms with Crippen LogP contribution in [0.5, 0.6) is 0 Å². The van der Waals surface area contributed by atoms with Gasteiger partial charge in [-0.25, -0.2) is 4.99 Å². The molecule has 0 aliphatic carbocycles. The number of ether oxygens (including phenoxy) is 1. The molecule has 2 aliphatic heterocycles. The van der Waals surface area contributed by atoms with E-state index in [0.29, 0.717) is 10.9 Å². The quantitative estimate of drug-likeness (QED) is 0.781. The van der Waals surface area contributed by atoms with E-state index >= 15 is 0 Å². The molecular formula is C11H11ClN2O. The topological polar surface area (TPSA) is 33.6 Å². The van der Waals surface area contributed by atoms with Crippen molar-refractivity contribution in [3.63, 3.8) is 0 Å². The van der Waals surface area contributed by atoms with E-state index in [4.69, 9.17) is 16.3 Å². The largest absolute Gasteiger partial charge is 0.470 e. The molecule has 0 amide bonds. The van der Waals surface area contributed by atoms with E-state index in [2.05, 4.69) is 10.3 Å². The second-order valence-electron chi connectivity index (χ2n) is 3.80. The fourth-order valence-electron chi connectivity index (χ4n) is 1.98. The predicted octanol–water partition coefficient (Wildman–Crippen LogP) is 1.46. The lowest BCUT2D eigenvalue weighted by molar-refractivity contribution is 0.225. The van der Waals surface area contributed by atoms with E-state index in [9.17, 15) is 0 Å². The van der Waals surface area contributed by atoms with Crippen LogP contribution in [0.15, 0.2) is 29.3 Å². The minimum Gasteiger partial charge on any atom is -0.470 e. The lowest BCUT2D eigenvalue weighted by atomic mass is 10.2. The van der Waals surface area contributed by atoms with Crippen LogP contribution in [0.25, 0.3) is 0 Å². The highest BCUT2D eigenvalue weighted by molar-refractivity contribution is 6.33. The van der Waals surface area contributed by atoms with E-state index in [1.807, 2.05) is 24.3 Å². The highest BCUT2D eigenvalue weighted by atomic mass is 35.5. The SMILES string of the molecule is Clc1ccccc1C1=NC2CNCC2O1. The number of halogens is 1. The van der Waals surface area contributed by atoms with Gasteiger partial charge in [0.15, 0.2) is 0 Å².